The number of piperazine rings is 1. The van der Waals surface area contributed by atoms with Crippen LogP contribution >= 0.6 is 11.3 Å². The number of thiazole rings is 1. The Morgan fingerprint density at radius 2 is 1.81 bits per heavy atom. The highest BCUT2D eigenvalue weighted by Gasteiger charge is 2.42. The molecule has 1 N–H and O–H groups in total. The van der Waals surface area contributed by atoms with Gasteiger partial charge in [0.05, 0.1) is 5.69 Å². The smallest absolute Gasteiger partial charge is 0.254 e. The van der Waals surface area contributed by atoms with Crippen LogP contribution in [0.15, 0.2) is 0 Å². The Morgan fingerprint density at radius 3 is 2.33 bits per heavy atom. The lowest BCUT2D eigenvalue weighted by Gasteiger charge is -2.37. The fourth-order valence-electron chi connectivity index (χ4n) is 3.16. The van der Waals surface area contributed by atoms with Gasteiger partial charge in [0.25, 0.3) is 5.91 Å². The topological polar surface area (TPSA) is 56.7 Å². The van der Waals surface area contributed by atoms with E-state index in [-0.39, 0.29) is 5.91 Å². The zero-order chi connectivity index (χ0) is 15.0. The van der Waals surface area contributed by atoms with E-state index in [0.29, 0.717) is 25.9 Å². The molecular formula is C15H23N3O2S. The lowest BCUT2D eigenvalue weighted by atomic mass is 10.0. The normalized spacial score (nSPS) is 21.9. The Kier molecular flexibility index (Phi) is 3.92. The first-order chi connectivity index (χ1) is 9.99. The number of anilines is 1. The summed E-state index contributed by atoms with van der Waals surface area (Å²) in [6, 6.07) is 0. The van der Waals surface area contributed by atoms with E-state index in [1.165, 1.54) is 4.88 Å². The summed E-state index contributed by atoms with van der Waals surface area (Å²) in [5.74, 6) is -0.0638. The molecule has 6 heteroatoms. The van der Waals surface area contributed by atoms with Gasteiger partial charge in [-0.25, -0.2) is 4.98 Å². The second-order valence-corrected chi connectivity index (χ2v) is 7.34. The summed E-state index contributed by atoms with van der Waals surface area (Å²) in [5, 5.41) is 11.5. The molecule has 0 spiro atoms. The SMILES string of the molecule is Cc1nc(N2CCN(C(=O)C3(O)CCCC3)CC2)sc1C. The van der Waals surface area contributed by atoms with Crippen molar-refractivity contribution in [3.63, 3.8) is 0 Å². The van der Waals surface area contributed by atoms with Crippen LogP contribution in [-0.2, 0) is 4.79 Å². The molecule has 2 fully saturated rings. The molecule has 0 aromatic carbocycles. The highest BCUT2D eigenvalue weighted by molar-refractivity contribution is 7.15. The third-order valence-electron chi connectivity index (χ3n) is 4.68. The van der Waals surface area contributed by atoms with Crippen LogP contribution in [0.5, 0.6) is 0 Å². The quantitative estimate of drug-likeness (QED) is 0.903. The Bertz CT molecular complexity index is 510. The molecule has 116 valence electrons. The van der Waals surface area contributed by atoms with Crippen LogP contribution < -0.4 is 4.90 Å². The van der Waals surface area contributed by atoms with E-state index < -0.39 is 5.60 Å². The van der Waals surface area contributed by atoms with E-state index in [9.17, 15) is 9.90 Å². The average molecular weight is 309 g/mol. The van der Waals surface area contributed by atoms with Gasteiger partial charge in [-0.1, -0.05) is 0 Å². The number of nitrogens with zero attached hydrogens (tertiary/aromatic N) is 3. The summed E-state index contributed by atoms with van der Waals surface area (Å²) in [4.78, 5) is 22.4. The number of amides is 1. The molecule has 1 saturated carbocycles. The molecule has 1 aromatic heterocycles. The van der Waals surface area contributed by atoms with E-state index in [1.807, 2.05) is 11.8 Å². The van der Waals surface area contributed by atoms with Crippen molar-refractivity contribution in [3.8, 4) is 0 Å². The first-order valence-corrected chi connectivity index (χ1v) is 8.52. The van der Waals surface area contributed by atoms with Crippen molar-refractivity contribution in [1.82, 2.24) is 9.88 Å². The van der Waals surface area contributed by atoms with Crippen LogP contribution in [0.25, 0.3) is 0 Å². The van der Waals surface area contributed by atoms with Crippen molar-refractivity contribution in [2.24, 2.45) is 0 Å². The van der Waals surface area contributed by atoms with Gasteiger partial charge in [0.2, 0.25) is 0 Å². The van der Waals surface area contributed by atoms with Crippen LogP contribution in [0, 0.1) is 13.8 Å². The van der Waals surface area contributed by atoms with Gasteiger partial charge >= 0.3 is 0 Å². The highest BCUT2D eigenvalue weighted by Crippen LogP contribution is 2.32. The number of aromatic nitrogens is 1. The molecule has 0 unspecified atom stereocenters. The van der Waals surface area contributed by atoms with Gasteiger partial charge in [0, 0.05) is 31.1 Å². The number of hydrogen-bond donors (Lipinski definition) is 1. The summed E-state index contributed by atoms with van der Waals surface area (Å²) in [7, 11) is 0. The number of carbonyl (C=O) groups is 1. The highest BCUT2D eigenvalue weighted by atomic mass is 32.1. The summed E-state index contributed by atoms with van der Waals surface area (Å²) < 4.78 is 0. The molecular weight excluding hydrogens is 286 g/mol. The number of hydrogen-bond acceptors (Lipinski definition) is 5. The zero-order valence-electron chi connectivity index (χ0n) is 12.8. The number of aliphatic hydroxyl groups is 1. The molecule has 5 nitrogen and oxygen atoms in total. The fourth-order valence-corrected chi connectivity index (χ4v) is 4.12. The van der Waals surface area contributed by atoms with Crippen LogP contribution in [0.4, 0.5) is 5.13 Å². The minimum atomic E-state index is -1.09. The van der Waals surface area contributed by atoms with Crippen molar-refractivity contribution >= 4 is 22.4 Å². The molecule has 0 bridgehead atoms. The number of rotatable bonds is 2. The predicted octanol–water partition coefficient (Wildman–Crippen LogP) is 1.71. The van der Waals surface area contributed by atoms with E-state index in [4.69, 9.17) is 0 Å². The molecule has 1 aromatic rings. The molecule has 1 aliphatic heterocycles. The van der Waals surface area contributed by atoms with Gasteiger partial charge < -0.3 is 14.9 Å². The summed E-state index contributed by atoms with van der Waals surface area (Å²) in [6.07, 6.45) is 3.16. The van der Waals surface area contributed by atoms with Crippen LogP contribution in [0.2, 0.25) is 0 Å². The maximum Gasteiger partial charge on any atom is 0.254 e. The molecule has 0 radical (unpaired) electrons. The van der Waals surface area contributed by atoms with Crippen molar-refractivity contribution in [2.75, 3.05) is 31.1 Å². The summed E-state index contributed by atoms with van der Waals surface area (Å²) in [6.45, 7) is 7.08. The van der Waals surface area contributed by atoms with E-state index in [0.717, 1.165) is 36.8 Å². The zero-order valence-corrected chi connectivity index (χ0v) is 13.6. The number of carbonyl (C=O) groups excluding carboxylic acids is 1. The standard InChI is InChI=1S/C15H23N3O2S/c1-11-12(2)21-14(16-11)18-9-7-17(8-10-18)13(19)15(20)5-3-4-6-15/h20H,3-10H2,1-2H3. The molecule has 1 amide bonds. The first kappa shape index (κ1) is 14.8. The monoisotopic (exact) mass is 309 g/mol. The predicted molar refractivity (Wildman–Crippen MR) is 83.8 cm³/mol. The molecule has 21 heavy (non-hydrogen) atoms. The molecule has 2 aliphatic rings. The van der Waals surface area contributed by atoms with E-state index in [1.54, 1.807) is 11.3 Å². The third-order valence-corrected chi connectivity index (χ3v) is 5.82. The van der Waals surface area contributed by atoms with Gasteiger partial charge in [0.15, 0.2) is 5.13 Å². The minimum absolute atomic E-state index is 0.0638. The van der Waals surface area contributed by atoms with Gasteiger partial charge in [-0.15, -0.1) is 11.3 Å². The van der Waals surface area contributed by atoms with Crippen LogP contribution in [0.1, 0.15) is 36.3 Å². The van der Waals surface area contributed by atoms with E-state index >= 15 is 0 Å². The van der Waals surface area contributed by atoms with E-state index in [2.05, 4.69) is 16.8 Å². The Balaban J connectivity index is 1.61. The maximum absolute atomic E-state index is 12.5. The number of aryl methyl sites for hydroxylation is 2. The maximum atomic E-state index is 12.5. The van der Waals surface area contributed by atoms with Crippen LogP contribution in [-0.4, -0.2) is 52.7 Å². The molecule has 0 atom stereocenters. The van der Waals surface area contributed by atoms with Gasteiger partial charge in [-0.3, -0.25) is 4.79 Å². The summed E-state index contributed by atoms with van der Waals surface area (Å²) >= 11 is 1.72. The average Bonchev–Trinajstić information content (AvgIpc) is 3.06. The Labute approximate surface area is 129 Å². The van der Waals surface area contributed by atoms with Crippen molar-refractivity contribution < 1.29 is 9.90 Å². The van der Waals surface area contributed by atoms with Crippen molar-refractivity contribution in [3.05, 3.63) is 10.6 Å². The molecule has 1 saturated heterocycles. The fraction of sp³-hybridized carbons (Fsp3) is 0.733. The van der Waals surface area contributed by atoms with Crippen molar-refractivity contribution in [1.29, 1.82) is 0 Å². The van der Waals surface area contributed by atoms with Crippen molar-refractivity contribution in [2.45, 2.75) is 45.1 Å². The largest absolute Gasteiger partial charge is 0.380 e. The van der Waals surface area contributed by atoms with Gasteiger partial charge in [-0.05, 0) is 39.5 Å². The third kappa shape index (κ3) is 2.79. The Hall–Kier alpha value is -1.14. The second-order valence-electron chi connectivity index (χ2n) is 6.16. The molecule has 3 rings (SSSR count). The van der Waals surface area contributed by atoms with Gasteiger partial charge in [-0.2, -0.15) is 0 Å². The lowest BCUT2D eigenvalue weighted by molar-refractivity contribution is -0.151. The molecule has 2 heterocycles. The first-order valence-electron chi connectivity index (χ1n) is 7.70. The van der Waals surface area contributed by atoms with Gasteiger partial charge in [0.1, 0.15) is 5.60 Å². The molecule has 1 aliphatic carbocycles. The minimum Gasteiger partial charge on any atom is -0.380 e. The van der Waals surface area contributed by atoms with Crippen LogP contribution in [0.3, 0.4) is 0 Å². The second kappa shape index (κ2) is 5.57. The Morgan fingerprint density at radius 1 is 1.19 bits per heavy atom. The summed E-state index contributed by atoms with van der Waals surface area (Å²) in [5.41, 5.74) is 0.00468. The lowest BCUT2D eigenvalue weighted by Crippen LogP contribution is -2.55.